The smallest absolute Gasteiger partial charge is 0.332 e. The molecule has 1 amide bonds. The van der Waals surface area contributed by atoms with Crippen molar-refractivity contribution in [3.8, 4) is 0 Å². The molecule has 9 nitrogen and oxygen atoms in total. The molecule has 26 heavy (non-hydrogen) atoms. The highest BCUT2D eigenvalue weighted by molar-refractivity contribution is 5.94. The van der Waals surface area contributed by atoms with Gasteiger partial charge < -0.3 is 36.2 Å². The Balaban J connectivity index is 1.96. The number of aliphatic hydroxyl groups is 3. The summed E-state index contributed by atoms with van der Waals surface area (Å²) in [4.78, 5) is 23.1. The van der Waals surface area contributed by atoms with Crippen molar-refractivity contribution in [2.24, 2.45) is 5.92 Å². The lowest BCUT2D eigenvalue weighted by atomic mass is 9.86. The van der Waals surface area contributed by atoms with E-state index in [0.717, 1.165) is 0 Å². The number of hydrogen-bond donors (Lipinski definition) is 6. The van der Waals surface area contributed by atoms with Gasteiger partial charge in [-0.3, -0.25) is 4.79 Å². The van der Waals surface area contributed by atoms with E-state index in [2.05, 4.69) is 5.32 Å². The van der Waals surface area contributed by atoms with Crippen LogP contribution in [-0.4, -0.2) is 69.4 Å². The van der Waals surface area contributed by atoms with Gasteiger partial charge in [0.2, 0.25) is 0 Å². The first kappa shape index (κ1) is 20.1. The highest BCUT2D eigenvalue weighted by Gasteiger charge is 2.43. The minimum atomic E-state index is -1.48. The lowest BCUT2D eigenvalue weighted by molar-refractivity contribution is -0.200. The zero-order valence-corrected chi connectivity index (χ0v) is 14.3. The first-order valence-corrected chi connectivity index (χ1v) is 8.27. The van der Waals surface area contributed by atoms with E-state index in [1.165, 1.54) is 6.07 Å². The molecule has 6 atom stereocenters. The molecule has 1 aromatic carbocycles. The van der Waals surface area contributed by atoms with Crippen LogP contribution in [0, 0.1) is 5.92 Å². The van der Waals surface area contributed by atoms with Crippen molar-refractivity contribution in [3.05, 3.63) is 29.8 Å². The van der Waals surface area contributed by atoms with Crippen molar-refractivity contribution in [2.75, 3.05) is 12.3 Å². The van der Waals surface area contributed by atoms with Gasteiger partial charge in [0.15, 0.2) is 6.10 Å². The summed E-state index contributed by atoms with van der Waals surface area (Å²) in [5.74, 6) is -2.32. The number of carbonyl (C=O) groups is 2. The fourth-order valence-corrected chi connectivity index (χ4v) is 2.89. The Morgan fingerprint density at radius 1 is 1.38 bits per heavy atom. The molecule has 1 aromatic rings. The Kier molecular flexibility index (Phi) is 6.54. The average Bonchev–Trinajstić information content (AvgIpc) is 2.60. The van der Waals surface area contributed by atoms with Crippen LogP contribution in [0.4, 0.5) is 5.69 Å². The van der Waals surface area contributed by atoms with Crippen molar-refractivity contribution in [2.45, 2.75) is 43.9 Å². The third-order valence-corrected chi connectivity index (χ3v) is 4.53. The molecule has 0 radical (unpaired) electrons. The van der Waals surface area contributed by atoms with E-state index in [0.29, 0.717) is 11.3 Å². The molecule has 1 heterocycles. The van der Waals surface area contributed by atoms with Crippen molar-refractivity contribution >= 4 is 17.6 Å². The van der Waals surface area contributed by atoms with Gasteiger partial charge in [-0.05, 0) is 18.2 Å². The third kappa shape index (κ3) is 4.70. The molecule has 0 aromatic heterocycles. The minimum Gasteiger partial charge on any atom is -0.479 e. The lowest BCUT2D eigenvalue weighted by Crippen LogP contribution is -2.55. The second-order valence-corrected chi connectivity index (χ2v) is 6.48. The van der Waals surface area contributed by atoms with E-state index in [-0.39, 0.29) is 13.0 Å². The summed E-state index contributed by atoms with van der Waals surface area (Å²) < 4.78 is 5.32. The van der Waals surface area contributed by atoms with Crippen LogP contribution in [0.2, 0.25) is 0 Å². The first-order valence-electron chi connectivity index (χ1n) is 8.27. The van der Waals surface area contributed by atoms with Gasteiger partial charge in [0.05, 0.1) is 18.3 Å². The average molecular weight is 368 g/mol. The second-order valence-electron chi connectivity index (χ2n) is 6.48. The van der Waals surface area contributed by atoms with E-state index >= 15 is 0 Å². The van der Waals surface area contributed by atoms with Crippen LogP contribution in [0.3, 0.4) is 0 Å². The number of carbonyl (C=O) groups excluding carboxylic acids is 1. The molecular formula is C17H24N2O7. The SMILES string of the molecule is C[C@H]1[C@H]([C@H](O)[C@H](O)CNC(=O)c2cccc(N)c2)OC(C(=O)O)C[C@@H]1O. The number of benzene rings is 1. The number of carboxylic acids is 1. The number of rotatable bonds is 6. The number of aliphatic hydroxyl groups excluding tert-OH is 3. The summed E-state index contributed by atoms with van der Waals surface area (Å²) in [7, 11) is 0. The topological polar surface area (TPSA) is 162 Å². The standard InChI is InChI=1S/C17H24N2O7/c1-8-11(20)6-13(17(24)25)26-15(8)14(22)12(21)7-19-16(23)9-3-2-4-10(18)5-9/h2-5,8,11-15,20-22H,6-7,18H2,1H3,(H,19,23)(H,24,25)/t8-,11+,12-,13?,14-,15-/m1/s1. The number of anilines is 1. The number of nitrogen functional groups attached to an aromatic ring is 1. The van der Waals surface area contributed by atoms with Crippen LogP contribution < -0.4 is 11.1 Å². The molecule has 0 bridgehead atoms. The van der Waals surface area contributed by atoms with Gasteiger partial charge in [-0.1, -0.05) is 13.0 Å². The van der Waals surface area contributed by atoms with Crippen LogP contribution >= 0.6 is 0 Å². The van der Waals surface area contributed by atoms with Crippen LogP contribution in [0.1, 0.15) is 23.7 Å². The Hall–Kier alpha value is -2.20. The number of carboxylic acid groups (broad SMARTS) is 1. The predicted molar refractivity (Wildman–Crippen MR) is 91.3 cm³/mol. The Morgan fingerprint density at radius 3 is 2.69 bits per heavy atom. The second kappa shape index (κ2) is 8.45. The summed E-state index contributed by atoms with van der Waals surface area (Å²) in [6.07, 6.45) is -6.33. The van der Waals surface area contributed by atoms with Gasteiger partial charge in [-0.25, -0.2) is 4.79 Å². The zero-order valence-electron chi connectivity index (χ0n) is 14.3. The summed E-state index contributed by atoms with van der Waals surface area (Å²) in [5, 5.41) is 42.0. The van der Waals surface area contributed by atoms with Gasteiger partial charge in [0.1, 0.15) is 6.10 Å². The Morgan fingerprint density at radius 2 is 2.08 bits per heavy atom. The Bertz CT molecular complexity index is 654. The number of hydrogen-bond acceptors (Lipinski definition) is 7. The number of nitrogens with one attached hydrogen (secondary N) is 1. The molecule has 7 N–H and O–H groups in total. The van der Waals surface area contributed by atoms with Crippen LogP contribution in [0.15, 0.2) is 24.3 Å². The molecule has 1 saturated heterocycles. The maximum Gasteiger partial charge on any atom is 0.332 e. The van der Waals surface area contributed by atoms with E-state index in [1.54, 1.807) is 25.1 Å². The van der Waals surface area contributed by atoms with E-state index < -0.39 is 48.3 Å². The summed E-state index contributed by atoms with van der Waals surface area (Å²) in [6.45, 7) is 1.31. The maximum absolute atomic E-state index is 12.0. The molecule has 0 saturated carbocycles. The molecule has 1 fully saturated rings. The number of aliphatic carboxylic acids is 1. The van der Waals surface area contributed by atoms with Crippen LogP contribution in [0.5, 0.6) is 0 Å². The fraction of sp³-hybridized carbons (Fsp3) is 0.529. The number of ether oxygens (including phenoxy) is 1. The molecule has 9 heteroatoms. The zero-order chi connectivity index (χ0) is 19.4. The Labute approximate surface area is 150 Å². The monoisotopic (exact) mass is 368 g/mol. The fourth-order valence-electron chi connectivity index (χ4n) is 2.89. The number of amides is 1. The van der Waals surface area contributed by atoms with Crippen LogP contribution in [-0.2, 0) is 9.53 Å². The van der Waals surface area contributed by atoms with Gasteiger partial charge in [-0.2, -0.15) is 0 Å². The highest BCUT2D eigenvalue weighted by Crippen LogP contribution is 2.28. The highest BCUT2D eigenvalue weighted by atomic mass is 16.5. The van der Waals surface area contributed by atoms with Gasteiger partial charge in [-0.15, -0.1) is 0 Å². The third-order valence-electron chi connectivity index (χ3n) is 4.53. The molecule has 144 valence electrons. The van der Waals surface area contributed by atoms with Crippen LogP contribution in [0.25, 0.3) is 0 Å². The predicted octanol–water partition coefficient (Wildman–Crippen LogP) is -1.04. The lowest BCUT2D eigenvalue weighted by Gasteiger charge is -2.40. The minimum absolute atomic E-state index is 0.0953. The first-order chi connectivity index (χ1) is 12.2. The molecule has 1 unspecified atom stereocenters. The van der Waals surface area contributed by atoms with E-state index in [9.17, 15) is 24.9 Å². The quantitative estimate of drug-likeness (QED) is 0.347. The summed E-state index contributed by atoms with van der Waals surface area (Å²) in [5.41, 5.74) is 6.32. The van der Waals surface area contributed by atoms with Gasteiger partial charge in [0, 0.05) is 30.1 Å². The molecule has 1 aliphatic heterocycles. The summed E-state index contributed by atoms with van der Waals surface area (Å²) >= 11 is 0. The van der Waals surface area contributed by atoms with Crippen molar-refractivity contribution in [1.82, 2.24) is 5.32 Å². The van der Waals surface area contributed by atoms with Gasteiger partial charge in [0.25, 0.3) is 5.91 Å². The van der Waals surface area contributed by atoms with Crippen molar-refractivity contribution < 1.29 is 34.8 Å². The number of nitrogens with two attached hydrogens (primary N) is 1. The molecule has 1 aliphatic rings. The molecular weight excluding hydrogens is 344 g/mol. The molecule has 0 aliphatic carbocycles. The molecule has 2 rings (SSSR count). The maximum atomic E-state index is 12.0. The largest absolute Gasteiger partial charge is 0.479 e. The van der Waals surface area contributed by atoms with Crippen molar-refractivity contribution in [3.63, 3.8) is 0 Å². The van der Waals surface area contributed by atoms with E-state index in [1.807, 2.05) is 0 Å². The summed E-state index contributed by atoms with van der Waals surface area (Å²) in [6, 6.07) is 6.26. The van der Waals surface area contributed by atoms with E-state index in [4.69, 9.17) is 15.6 Å². The van der Waals surface area contributed by atoms with Crippen molar-refractivity contribution in [1.29, 1.82) is 0 Å². The molecule has 0 spiro atoms. The van der Waals surface area contributed by atoms with Gasteiger partial charge >= 0.3 is 5.97 Å². The normalized spacial score (nSPS) is 28.2.